The maximum atomic E-state index is 13.1. The molecule has 27 heavy (non-hydrogen) atoms. The molecule has 7 heteroatoms. The fourth-order valence-electron chi connectivity index (χ4n) is 3.40. The lowest BCUT2D eigenvalue weighted by atomic mass is 9.98. The van der Waals surface area contributed by atoms with Gasteiger partial charge >= 0.3 is 0 Å². The highest BCUT2D eigenvalue weighted by Crippen LogP contribution is 2.37. The van der Waals surface area contributed by atoms with Gasteiger partial charge in [-0.2, -0.15) is 4.31 Å². The van der Waals surface area contributed by atoms with Crippen molar-refractivity contribution in [1.29, 1.82) is 0 Å². The molecule has 2 atom stereocenters. The summed E-state index contributed by atoms with van der Waals surface area (Å²) in [6.07, 6.45) is -0.749. The van der Waals surface area contributed by atoms with Crippen LogP contribution in [0, 0.1) is 5.82 Å². The van der Waals surface area contributed by atoms with Gasteiger partial charge in [0.15, 0.2) is 0 Å². The third-order valence-electron chi connectivity index (χ3n) is 4.93. The summed E-state index contributed by atoms with van der Waals surface area (Å²) in [5.41, 5.74) is 1.11. The molecule has 0 bridgehead atoms. The van der Waals surface area contributed by atoms with Crippen LogP contribution in [0.25, 0.3) is 11.3 Å². The van der Waals surface area contributed by atoms with Crippen LogP contribution in [0.3, 0.4) is 0 Å². The standard InChI is InChI=1S/C20H18FNO4S/c1-22-17(20(23)16-4-2-3-5-19(16)27(22,24)25)12-15-10-11-18(26-15)13-6-8-14(21)9-7-13/h2-11,17,20,23H,12H2,1H3/t17-,20-/m1/s1. The summed E-state index contributed by atoms with van der Waals surface area (Å²) < 4.78 is 45.6. The highest BCUT2D eigenvalue weighted by molar-refractivity contribution is 7.89. The summed E-state index contributed by atoms with van der Waals surface area (Å²) in [6.45, 7) is 0. The zero-order valence-corrected chi connectivity index (χ0v) is 15.4. The van der Waals surface area contributed by atoms with Gasteiger partial charge in [0.2, 0.25) is 10.0 Å². The number of hydrogen-bond donors (Lipinski definition) is 1. The third-order valence-corrected chi connectivity index (χ3v) is 6.88. The Kier molecular flexibility index (Phi) is 4.38. The molecule has 0 fully saturated rings. The van der Waals surface area contributed by atoms with E-state index in [9.17, 15) is 17.9 Å². The van der Waals surface area contributed by atoms with E-state index >= 15 is 0 Å². The van der Waals surface area contributed by atoms with Crippen LogP contribution in [-0.4, -0.2) is 30.9 Å². The molecule has 1 aromatic heterocycles. The molecule has 1 aliphatic rings. The van der Waals surface area contributed by atoms with E-state index in [0.717, 1.165) is 5.56 Å². The summed E-state index contributed by atoms with van der Waals surface area (Å²) in [5.74, 6) is 0.766. The molecule has 0 unspecified atom stereocenters. The fourth-order valence-corrected chi connectivity index (χ4v) is 5.00. The molecule has 4 rings (SSSR count). The Morgan fingerprint density at radius 3 is 2.52 bits per heavy atom. The van der Waals surface area contributed by atoms with Gasteiger partial charge in [-0.25, -0.2) is 12.8 Å². The number of sulfonamides is 1. The molecule has 0 aliphatic carbocycles. The first kappa shape index (κ1) is 17.9. The van der Waals surface area contributed by atoms with Gasteiger partial charge in [0, 0.05) is 24.6 Å². The first-order chi connectivity index (χ1) is 12.9. The van der Waals surface area contributed by atoms with E-state index in [0.29, 0.717) is 17.1 Å². The zero-order valence-electron chi connectivity index (χ0n) is 14.5. The Bertz CT molecular complexity index is 1080. The average molecular weight is 387 g/mol. The van der Waals surface area contributed by atoms with Crippen LogP contribution in [0.2, 0.25) is 0 Å². The van der Waals surface area contributed by atoms with Gasteiger partial charge in [-0.05, 0) is 42.5 Å². The molecule has 0 amide bonds. The van der Waals surface area contributed by atoms with E-state index in [1.165, 1.54) is 29.6 Å². The zero-order chi connectivity index (χ0) is 19.2. The Morgan fingerprint density at radius 1 is 1.07 bits per heavy atom. The highest BCUT2D eigenvalue weighted by Gasteiger charge is 2.41. The Morgan fingerprint density at radius 2 is 1.78 bits per heavy atom. The van der Waals surface area contributed by atoms with Gasteiger partial charge in [-0.3, -0.25) is 0 Å². The molecule has 1 N–H and O–H groups in total. The minimum atomic E-state index is -3.68. The highest BCUT2D eigenvalue weighted by atomic mass is 32.2. The van der Waals surface area contributed by atoms with Crippen molar-refractivity contribution < 1.29 is 22.3 Å². The molecular weight excluding hydrogens is 369 g/mol. The number of furan rings is 1. The summed E-state index contributed by atoms with van der Waals surface area (Å²) in [4.78, 5) is 0.127. The lowest BCUT2D eigenvalue weighted by Crippen LogP contribution is -2.46. The molecule has 0 radical (unpaired) electrons. The molecule has 0 saturated heterocycles. The second-order valence-corrected chi connectivity index (χ2v) is 8.51. The van der Waals surface area contributed by atoms with Gasteiger partial charge in [-0.1, -0.05) is 18.2 Å². The maximum absolute atomic E-state index is 13.1. The number of hydrogen-bond acceptors (Lipinski definition) is 4. The molecular formula is C20H18FNO4S. The monoisotopic (exact) mass is 387 g/mol. The van der Waals surface area contributed by atoms with Crippen molar-refractivity contribution in [2.45, 2.75) is 23.5 Å². The molecule has 140 valence electrons. The number of halogens is 1. The molecule has 5 nitrogen and oxygen atoms in total. The van der Waals surface area contributed by atoms with Gasteiger partial charge in [0.05, 0.1) is 17.0 Å². The number of aliphatic hydroxyl groups excluding tert-OH is 1. The van der Waals surface area contributed by atoms with Crippen LogP contribution >= 0.6 is 0 Å². The molecule has 2 heterocycles. The van der Waals surface area contributed by atoms with Crippen molar-refractivity contribution in [2.75, 3.05) is 7.05 Å². The van der Waals surface area contributed by atoms with E-state index in [1.807, 2.05) is 0 Å². The van der Waals surface area contributed by atoms with E-state index in [1.54, 1.807) is 42.5 Å². The number of aliphatic hydroxyl groups is 1. The van der Waals surface area contributed by atoms with Gasteiger partial charge in [0.1, 0.15) is 17.3 Å². The topological polar surface area (TPSA) is 70.8 Å². The van der Waals surface area contributed by atoms with Crippen LogP contribution in [0.15, 0.2) is 70.0 Å². The van der Waals surface area contributed by atoms with Gasteiger partial charge in [-0.15, -0.1) is 0 Å². The van der Waals surface area contributed by atoms with Crippen LogP contribution < -0.4 is 0 Å². The van der Waals surface area contributed by atoms with Crippen molar-refractivity contribution in [3.63, 3.8) is 0 Å². The Hall–Kier alpha value is -2.48. The van der Waals surface area contributed by atoms with E-state index in [2.05, 4.69) is 0 Å². The fraction of sp³-hybridized carbons (Fsp3) is 0.200. The van der Waals surface area contributed by atoms with Gasteiger partial charge in [0.25, 0.3) is 0 Å². The predicted octanol–water partition coefficient (Wildman–Crippen LogP) is 3.36. The van der Waals surface area contributed by atoms with Crippen molar-refractivity contribution in [3.8, 4) is 11.3 Å². The summed E-state index contributed by atoms with van der Waals surface area (Å²) in [6, 6.07) is 15.2. The smallest absolute Gasteiger partial charge is 0.243 e. The first-order valence-corrected chi connectivity index (χ1v) is 9.91. The SMILES string of the molecule is CN1[C@H](Cc2ccc(-c3ccc(F)cc3)o2)[C@H](O)c2ccccc2S1(=O)=O. The van der Waals surface area contributed by atoms with Crippen molar-refractivity contribution >= 4 is 10.0 Å². The van der Waals surface area contributed by atoms with Gasteiger partial charge < -0.3 is 9.52 Å². The normalized spacial score (nSPS) is 21.7. The van der Waals surface area contributed by atoms with E-state index in [4.69, 9.17) is 4.42 Å². The van der Waals surface area contributed by atoms with Crippen molar-refractivity contribution in [1.82, 2.24) is 4.31 Å². The Labute approximate surface area is 156 Å². The number of benzene rings is 2. The number of fused-ring (bicyclic) bond motifs is 1. The molecule has 0 saturated carbocycles. The second kappa shape index (κ2) is 6.60. The first-order valence-electron chi connectivity index (χ1n) is 8.47. The van der Waals surface area contributed by atoms with E-state index < -0.39 is 22.2 Å². The minimum Gasteiger partial charge on any atom is -0.461 e. The lowest BCUT2D eigenvalue weighted by molar-refractivity contribution is 0.0864. The maximum Gasteiger partial charge on any atom is 0.243 e. The largest absolute Gasteiger partial charge is 0.461 e. The number of nitrogens with zero attached hydrogens (tertiary/aromatic N) is 1. The summed E-state index contributed by atoms with van der Waals surface area (Å²) >= 11 is 0. The molecule has 3 aromatic rings. The number of likely N-dealkylation sites (N-methyl/N-ethyl adjacent to an activating group) is 1. The van der Waals surface area contributed by atoms with Crippen molar-refractivity contribution in [3.05, 3.63) is 77.8 Å². The second-order valence-electron chi connectivity index (χ2n) is 6.55. The quantitative estimate of drug-likeness (QED) is 0.748. The Balaban J connectivity index is 1.64. The van der Waals surface area contributed by atoms with Crippen LogP contribution in [0.4, 0.5) is 4.39 Å². The van der Waals surface area contributed by atoms with Crippen LogP contribution in [0.1, 0.15) is 17.4 Å². The van der Waals surface area contributed by atoms with E-state index in [-0.39, 0.29) is 17.1 Å². The average Bonchev–Trinajstić information content (AvgIpc) is 3.13. The van der Waals surface area contributed by atoms with Crippen molar-refractivity contribution in [2.24, 2.45) is 0 Å². The minimum absolute atomic E-state index is 0.127. The van der Waals surface area contributed by atoms with Crippen LogP contribution in [-0.2, 0) is 16.4 Å². The molecule has 2 aromatic carbocycles. The lowest BCUT2D eigenvalue weighted by Gasteiger charge is -2.36. The third kappa shape index (κ3) is 3.07. The summed E-state index contributed by atoms with van der Waals surface area (Å²) in [5, 5.41) is 10.7. The summed E-state index contributed by atoms with van der Waals surface area (Å²) in [7, 11) is -2.22. The van der Waals surface area contributed by atoms with Crippen LogP contribution in [0.5, 0.6) is 0 Å². The molecule has 0 spiro atoms. The number of rotatable bonds is 3. The molecule has 1 aliphatic heterocycles. The predicted molar refractivity (Wildman–Crippen MR) is 97.9 cm³/mol.